The van der Waals surface area contributed by atoms with E-state index < -0.39 is 11.1 Å². The molecule has 0 bridgehead atoms. The maximum absolute atomic E-state index is 12.8. The van der Waals surface area contributed by atoms with E-state index in [2.05, 4.69) is 5.92 Å². The van der Waals surface area contributed by atoms with Crippen LogP contribution in [0.4, 0.5) is 0 Å². The highest BCUT2D eigenvalue weighted by Gasteiger charge is 2.64. The Morgan fingerprint density at radius 3 is 1.89 bits per heavy atom. The lowest BCUT2D eigenvalue weighted by Crippen LogP contribution is -2.52. The van der Waals surface area contributed by atoms with Crippen LogP contribution < -0.4 is 0 Å². The molecule has 1 radical (unpaired) electrons. The van der Waals surface area contributed by atoms with Gasteiger partial charge in [-0.05, 0) is 19.3 Å². The van der Waals surface area contributed by atoms with E-state index in [0.717, 1.165) is 5.06 Å². The van der Waals surface area contributed by atoms with Gasteiger partial charge in [0.15, 0.2) is 0 Å². The summed E-state index contributed by atoms with van der Waals surface area (Å²) < 4.78 is 0. The lowest BCUT2D eigenvalue weighted by atomic mass is 9.73. The summed E-state index contributed by atoms with van der Waals surface area (Å²) in [5.74, 6) is 1.97. The molecule has 0 unspecified atom stereocenters. The van der Waals surface area contributed by atoms with Gasteiger partial charge in [-0.15, -0.1) is 16.7 Å². The molecule has 1 rings (SSSR count). The van der Waals surface area contributed by atoms with Crippen LogP contribution in [0.1, 0.15) is 40.0 Å². The average Bonchev–Trinajstić information content (AvgIpc) is 2.63. The van der Waals surface area contributed by atoms with Gasteiger partial charge in [-0.3, -0.25) is 0 Å². The Morgan fingerprint density at radius 2 is 1.61 bits per heavy atom. The van der Waals surface area contributed by atoms with Crippen LogP contribution in [0.2, 0.25) is 0 Å². The number of hydroxylamine groups is 2. The summed E-state index contributed by atoms with van der Waals surface area (Å²) in [7, 11) is 0. The van der Waals surface area contributed by atoms with Gasteiger partial charge in [-0.25, -0.2) is 0 Å². The third-order valence-corrected chi connectivity index (χ3v) is 4.96. The fourth-order valence-electron chi connectivity index (χ4n) is 3.72. The molecule has 2 N–H and O–H groups in total. The molecule has 4 heteroatoms. The summed E-state index contributed by atoms with van der Waals surface area (Å²) in [5.41, 5.74) is -1.65. The summed E-state index contributed by atoms with van der Waals surface area (Å²) >= 11 is 0. The third kappa shape index (κ3) is 1.70. The van der Waals surface area contributed by atoms with Gasteiger partial charge in [-0.1, -0.05) is 26.7 Å². The van der Waals surface area contributed by atoms with Crippen LogP contribution in [0.25, 0.3) is 0 Å². The summed E-state index contributed by atoms with van der Waals surface area (Å²) in [6, 6.07) is 0. The van der Waals surface area contributed by atoms with E-state index in [1.165, 1.54) is 0 Å². The second-order valence-corrected chi connectivity index (χ2v) is 5.11. The van der Waals surface area contributed by atoms with Gasteiger partial charge in [0.2, 0.25) is 0 Å². The molecule has 0 aliphatic carbocycles. The molecule has 4 nitrogen and oxygen atoms in total. The molecule has 1 saturated heterocycles. The summed E-state index contributed by atoms with van der Waals surface area (Å²) in [6.45, 7) is 5.46. The summed E-state index contributed by atoms with van der Waals surface area (Å²) in [4.78, 5) is 0. The van der Waals surface area contributed by atoms with Crippen molar-refractivity contribution in [2.45, 2.75) is 51.1 Å². The van der Waals surface area contributed by atoms with Gasteiger partial charge < -0.3 is 10.2 Å². The predicted molar refractivity (Wildman–Crippen MR) is 68.8 cm³/mol. The molecule has 18 heavy (non-hydrogen) atoms. The fraction of sp³-hybridized carbons (Fsp3) is 0.857. The minimum atomic E-state index is -0.992. The van der Waals surface area contributed by atoms with Gasteiger partial charge in [0.05, 0.1) is 5.54 Å². The average molecular weight is 254 g/mol. The second kappa shape index (κ2) is 5.58. The van der Waals surface area contributed by atoms with Crippen LogP contribution in [0, 0.1) is 24.2 Å². The number of aliphatic hydroxyl groups is 2. The van der Waals surface area contributed by atoms with Gasteiger partial charge in [0.25, 0.3) is 0 Å². The van der Waals surface area contributed by atoms with Crippen LogP contribution >= 0.6 is 0 Å². The fourth-order valence-corrected chi connectivity index (χ4v) is 3.72. The smallest absolute Gasteiger partial charge is 0.115 e. The van der Waals surface area contributed by atoms with Crippen molar-refractivity contribution >= 4 is 0 Å². The third-order valence-electron chi connectivity index (χ3n) is 4.96. The number of aliphatic hydroxyl groups excluding tert-OH is 2. The van der Waals surface area contributed by atoms with Crippen molar-refractivity contribution < 1.29 is 15.4 Å². The Bertz CT molecular complexity index is 317. The van der Waals surface area contributed by atoms with Crippen LogP contribution in [0.5, 0.6) is 0 Å². The minimum absolute atomic E-state index is 0.116. The van der Waals surface area contributed by atoms with E-state index in [1.54, 1.807) is 0 Å². The first kappa shape index (κ1) is 15.5. The van der Waals surface area contributed by atoms with Gasteiger partial charge in [0.1, 0.15) is 5.54 Å². The van der Waals surface area contributed by atoms with Crippen molar-refractivity contribution in [2.24, 2.45) is 11.8 Å². The van der Waals surface area contributed by atoms with Crippen LogP contribution in [0.3, 0.4) is 0 Å². The molecule has 3 atom stereocenters. The standard InChI is InChI=1S/C14H24NO3/c1-5-13(6-2)11(9-16)12(10-17)14(7-3,8-4)15(13)18/h1,11-12,16-17H,6-10H2,2-4H3/t11-,12-,13+/m1/s1. The monoisotopic (exact) mass is 254 g/mol. The number of hydrogen-bond acceptors (Lipinski definition) is 3. The van der Waals surface area contributed by atoms with Crippen molar-refractivity contribution in [1.82, 2.24) is 5.06 Å². The zero-order valence-electron chi connectivity index (χ0n) is 11.5. The summed E-state index contributed by atoms with van der Waals surface area (Å²) in [6.07, 6.45) is 7.33. The summed E-state index contributed by atoms with van der Waals surface area (Å²) in [5, 5.41) is 33.1. The Hall–Kier alpha value is -0.600. The molecule has 0 aromatic rings. The lowest BCUT2D eigenvalue weighted by molar-refractivity contribution is -0.257. The van der Waals surface area contributed by atoms with Crippen LogP contribution in [0.15, 0.2) is 0 Å². The van der Waals surface area contributed by atoms with Crippen molar-refractivity contribution in [3.63, 3.8) is 0 Å². The van der Waals surface area contributed by atoms with Crippen LogP contribution in [-0.2, 0) is 5.21 Å². The molecule has 0 aromatic heterocycles. The van der Waals surface area contributed by atoms with E-state index >= 15 is 0 Å². The number of nitrogens with zero attached hydrogens (tertiary/aromatic N) is 1. The Labute approximate surface area is 110 Å². The first-order valence-electron chi connectivity index (χ1n) is 6.71. The molecule has 1 heterocycles. The molecular weight excluding hydrogens is 230 g/mol. The Kier molecular flexibility index (Phi) is 4.79. The second-order valence-electron chi connectivity index (χ2n) is 5.11. The van der Waals surface area contributed by atoms with E-state index in [-0.39, 0.29) is 25.0 Å². The van der Waals surface area contributed by atoms with E-state index in [0.29, 0.717) is 19.3 Å². The highest BCUT2D eigenvalue weighted by atomic mass is 16.5. The predicted octanol–water partition coefficient (Wildman–Crippen LogP) is 1.21. The van der Waals surface area contributed by atoms with E-state index in [1.807, 2.05) is 20.8 Å². The van der Waals surface area contributed by atoms with Crippen molar-refractivity contribution in [3.05, 3.63) is 0 Å². The van der Waals surface area contributed by atoms with E-state index in [4.69, 9.17) is 6.42 Å². The van der Waals surface area contributed by atoms with E-state index in [9.17, 15) is 15.4 Å². The minimum Gasteiger partial charge on any atom is -0.396 e. The molecule has 0 spiro atoms. The van der Waals surface area contributed by atoms with Crippen molar-refractivity contribution in [2.75, 3.05) is 13.2 Å². The van der Waals surface area contributed by atoms with Gasteiger partial charge in [-0.2, -0.15) is 0 Å². The SMILES string of the molecule is C#C[C@]1(CC)[C@H](CO)[C@@H](CO)C(CC)(CC)N1[O]. The van der Waals surface area contributed by atoms with Crippen molar-refractivity contribution in [3.8, 4) is 12.3 Å². The molecule has 1 aliphatic rings. The molecule has 0 amide bonds. The molecule has 0 saturated carbocycles. The molecule has 0 aromatic carbocycles. The van der Waals surface area contributed by atoms with Crippen LogP contribution in [-0.4, -0.2) is 39.6 Å². The number of terminal acetylenes is 1. The highest BCUT2D eigenvalue weighted by molar-refractivity contribution is 5.24. The molecule has 1 aliphatic heterocycles. The first-order chi connectivity index (χ1) is 8.54. The Morgan fingerprint density at radius 1 is 1.11 bits per heavy atom. The topological polar surface area (TPSA) is 63.6 Å². The molecular formula is C14H24NO3. The maximum Gasteiger partial charge on any atom is 0.115 e. The number of rotatable bonds is 5. The maximum atomic E-state index is 12.8. The zero-order chi connectivity index (χ0) is 14.0. The zero-order valence-corrected chi connectivity index (χ0v) is 11.5. The largest absolute Gasteiger partial charge is 0.396 e. The van der Waals surface area contributed by atoms with Gasteiger partial charge >= 0.3 is 0 Å². The molecule has 103 valence electrons. The lowest BCUT2D eigenvalue weighted by Gasteiger charge is -2.38. The number of hydrogen-bond donors (Lipinski definition) is 2. The Balaban J connectivity index is 3.38. The van der Waals surface area contributed by atoms with Gasteiger partial charge in [0, 0.05) is 25.0 Å². The normalized spacial score (nSPS) is 35.6. The first-order valence-corrected chi connectivity index (χ1v) is 6.71. The quantitative estimate of drug-likeness (QED) is 0.725. The molecule has 1 fully saturated rings. The van der Waals surface area contributed by atoms with Crippen molar-refractivity contribution in [1.29, 1.82) is 0 Å². The highest BCUT2D eigenvalue weighted by Crippen LogP contribution is 2.52.